The van der Waals surface area contributed by atoms with Crippen LogP contribution >= 0.6 is 0 Å². The summed E-state index contributed by atoms with van der Waals surface area (Å²) < 4.78 is 0. The molecule has 1 heterocycles. The number of rotatable bonds is 8. The molecule has 0 aliphatic carbocycles. The molecule has 0 aromatic carbocycles. The van der Waals surface area contributed by atoms with E-state index in [1.54, 1.807) is 0 Å². The lowest BCUT2D eigenvalue weighted by Crippen LogP contribution is -2.30. The number of nitrogens with one attached hydrogen (secondary N) is 2. The number of likely N-dealkylation sites (N-methyl/N-ethyl adjacent to an activating group) is 1. The molecule has 0 unspecified atom stereocenters. The fraction of sp³-hybridized carbons (Fsp3) is 0.750. The van der Waals surface area contributed by atoms with E-state index in [0.29, 0.717) is 0 Å². The molecular formula is C16H31N5. The highest BCUT2D eigenvalue weighted by atomic mass is 15.1. The highest BCUT2D eigenvalue weighted by Gasteiger charge is 2.18. The number of nitrogens with zero attached hydrogens (tertiary/aromatic N) is 3. The molecule has 0 bridgehead atoms. The molecule has 5 nitrogen and oxygen atoms in total. The molecule has 1 aromatic heterocycles. The maximum atomic E-state index is 4.64. The number of aromatic nitrogens is 2. The molecule has 2 N–H and O–H groups in total. The second kappa shape index (κ2) is 8.17. The lowest BCUT2D eigenvalue weighted by molar-refractivity contribution is 0.300. The van der Waals surface area contributed by atoms with Crippen molar-refractivity contribution < 1.29 is 0 Å². The zero-order valence-corrected chi connectivity index (χ0v) is 14.5. The van der Waals surface area contributed by atoms with Gasteiger partial charge in [0.2, 0.25) is 0 Å². The standard InChI is InChI=1S/C16H31N5/c1-7-10-21(8-2)11-9-18-14-12-13(17-6)19-15(20-14)16(3,4)5/h12H,7-11H2,1-6H3,(H2,17,18,19,20). The van der Waals surface area contributed by atoms with Crippen LogP contribution in [0.15, 0.2) is 6.07 Å². The summed E-state index contributed by atoms with van der Waals surface area (Å²) in [6, 6.07) is 1.96. The third-order valence-corrected chi connectivity index (χ3v) is 3.37. The molecule has 5 heteroatoms. The van der Waals surface area contributed by atoms with Crippen LogP contribution in [0.25, 0.3) is 0 Å². The minimum Gasteiger partial charge on any atom is -0.373 e. The topological polar surface area (TPSA) is 53.1 Å². The van der Waals surface area contributed by atoms with Gasteiger partial charge in [0.25, 0.3) is 0 Å². The Labute approximate surface area is 129 Å². The van der Waals surface area contributed by atoms with Crippen molar-refractivity contribution in [1.82, 2.24) is 14.9 Å². The molecule has 0 amide bonds. The SMILES string of the molecule is CCCN(CC)CCNc1cc(NC)nc(C(C)(C)C)n1. The van der Waals surface area contributed by atoms with Gasteiger partial charge in [0.05, 0.1) is 0 Å². The van der Waals surface area contributed by atoms with Crippen LogP contribution in [0.5, 0.6) is 0 Å². The highest BCUT2D eigenvalue weighted by molar-refractivity contribution is 5.47. The molecule has 0 radical (unpaired) electrons. The van der Waals surface area contributed by atoms with Crippen molar-refractivity contribution in [3.05, 3.63) is 11.9 Å². The number of anilines is 2. The monoisotopic (exact) mass is 293 g/mol. The van der Waals surface area contributed by atoms with E-state index in [1.807, 2.05) is 13.1 Å². The van der Waals surface area contributed by atoms with Gasteiger partial charge in [0.1, 0.15) is 17.5 Å². The first-order chi connectivity index (χ1) is 9.90. The third-order valence-electron chi connectivity index (χ3n) is 3.37. The summed E-state index contributed by atoms with van der Waals surface area (Å²) >= 11 is 0. The van der Waals surface area contributed by atoms with Gasteiger partial charge < -0.3 is 15.5 Å². The van der Waals surface area contributed by atoms with Gasteiger partial charge in [-0.2, -0.15) is 0 Å². The highest BCUT2D eigenvalue weighted by Crippen LogP contribution is 2.21. The Balaban J connectivity index is 2.70. The summed E-state index contributed by atoms with van der Waals surface area (Å²) in [4.78, 5) is 11.6. The van der Waals surface area contributed by atoms with Crippen molar-refractivity contribution in [3.8, 4) is 0 Å². The van der Waals surface area contributed by atoms with Gasteiger partial charge in [-0.25, -0.2) is 9.97 Å². The van der Waals surface area contributed by atoms with Gasteiger partial charge >= 0.3 is 0 Å². The van der Waals surface area contributed by atoms with E-state index in [0.717, 1.165) is 43.6 Å². The van der Waals surface area contributed by atoms with Crippen LogP contribution in [-0.2, 0) is 5.41 Å². The summed E-state index contributed by atoms with van der Waals surface area (Å²) in [5.41, 5.74) is -0.0546. The van der Waals surface area contributed by atoms with E-state index in [9.17, 15) is 0 Å². The zero-order valence-electron chi connectivity index (χ0n) is 14.5. The third kappa shape index (κ3) is 5.87. The fourth-order valence-electron chi connectivity index (χ4n) is 2.09. The van der Waals surface area contributed by atoms with Gasteiger partial charge in [-0.05, 0) is 19.5 Å². The average molecular weight is 293 g/mol. The summed E-state index contributed by atoms with van der Waals surface area (Å²) in [6.45, 7) is 15.0. The number of hydrogen-bond donors (Lipinski definition) is 2. The van der Waals surface area contributed by atoms with E-state index in [2.05, 4.69) is 60.1 Å². The predicted molar refractivity (Wildman–Crippen MR) is 91.2 cm³/mol. The van der Waals surface area contributed by atoms with Crippen LogP contribution in [0.3, 0.4) is 0 Å². The van der Waals surface area contributed by atoms with E-state index >= 15 is 0 Å². The fourth-order valence-corrected chi connectivity index (χ4v) is 2.09. The van der Waals surface area contributed by atoms with E-state index < -0.39 is 0 Å². The molecule has 0 aliphatic heterocycles. The van der Waals surface area contributed by atoms with Gasteiger partial charge in [-0.3, -0.25) is 0 Å². The molecule has 1 aromatic rings. The zero-order chi connectivity index (χ0) is 15.9. The Morgan fingerprint density at radius 1 is 1.10 bits per heavy atom. The van der Waals surface area contributed by atoms with Crippen LogP contribution in [0.1, 0.15) is 46.9 Å². The van der Waals surface area contributed by atoms with Gasteiger partial charge in [-0.1, -0.05) is 34.6 Å². The molecule has 120 valence electrons. The molecule has 0 saturated carbocycles. The van der Waals surface area contributed by atoms with Crippen LogP contribution in [0.2, 0.25) is 0 Å². The smallest absolute Gasteiger partial charge is 0.138 e. The second-order valence-corrected chi connectivity index (χ2v) is 6.32. The summed E-state index contributed by atoms with van der Waals surface area (Å²) in [5.74, 6) is 2.61. The maximum Gasteiger partial charge on any atom is 0.138 e. The van der Waals surface area contributed by atoms with Gasteiger partial charge in [-0.15, -0.1) is 0 Å². The van der Waals surface area contributed by atoms with Gasteiger partial charge in [0, 0.05) is 31.6 Å². The first-order valence-corrected chi connectivity index (χ1v) is 7.94. The van der Waals surface area contributed by atoms with Crippen molar-refractivity contribution in [1.29, 1.82) is 0 Å². The first-order valence-electron chi connectivity index (χ1n) is 7.94. The van der Waals surface area contributed by atoms with E-state index in [1.165, 1.54) is 6.42 Å². The minimum atomic E-state index is -0.0546. The normalized spacial score (nSPS) is 11.8. The van der Waals surface area contributed by atoms with Crippen LogP contribution in [0.4, 0.5) is 11.6 Å². The van der Waals surface area contributed by atoms with Crippen molar-refractivity contribution in [2.24, 2.45) is 0 Å². The van der Waals surface area contributed by atoms with Crippen molar-refractivity contribution in [3.63, 3.8) is 0 Å². The Morgan fingerprint density at radius 2 is 1.76 bits per heavy atom. The molecule has 0 atom stereocenters. The van der Waals surface area contributed by atoms with E-state index in [4.69, 9.17) is 0 Å². The lowest BCUT2D eigenvalue weighted by atomic mass is 9.96. The van der Waals surface area contributed by atoms with Crippen LogP contribution < -0.4 is 10.6 Å². The quantitative estimate of drug-likeness (QED) is 0.772. The number of hydrogen-bond acceptors (Lipinski definition) is 5. The molecular weight excluding hydrogens is 262 g/mol. The first kappa shape index (κ1) is 17.7. The van der Waals surface area contributed by atoms with Crippen molar-refractivity contribution in [2.45, 2.75) is 46.5 Å². The summed E-state index contributed by atoms with van der Waals surface area (Å²) in [7, 11) is 1.89. The molecule has 0 fully saturated rings. The molecule has 1 rings (SSSR count). The lowest BCUT2D eigenvalue weighted by Gasteiger charge is -2.21. The Bertz CT molecular complexity index is 425. The molecule has 0 saturated heterocycles. The van der Waals surface area contributed by atoms with Crippen LogP contribution in [0, 0.1) is 0 Å². The van der Waals surface area contributed by atoms with Crippen LogP contribution in [-0.4, -0.2) is 48.1 Å². The molecule has 0 spiro atoms. The van der Waals surface area contributed by atoms with Crippen molar-refractivity contribution in [2.75, 3.05) is 43.9 Å². The summed E-state index contributed by atoms with van der Waals surface area (Å²) in [6.07, 6.45) is 1.19. The van der Waals surface area contributed by atoms with Gasteiger partial charge in [0.15, 0.2) is 0 Å². The molecule has 0 aliphatic rings. The Hall–Kier alpha value is -1.36. The maximum absolute atomic E-state index is 4.64. The Morgan fingerprint density at radius 3 is 2.29 bits per heavy atom. The minimum absolute atomic E-state index is 0.0546. The average Bonchev–Trinajstić information content (AvgIpc) is 2.45. The molecule has 21 heavy (non-hydrogen) atoms. The summed E-state index contributed by atoms with van der Waals surface area (Å²) in [5, 5.41) is 6.53. The second-order valence-electron chi connectivity index (χ2n) is 6.32. The Kier molecular flexibility index (Phi) is 6.89. The van der Waals surface area contributed by atoms with Crippen molar-refractivity contribution >= 4 is 11.6 Å². The van der Waals surface area contributed by atoms with E-state index in [-0.39, 0.29) is 5.41 Å². The largest absolute Gasteiger partial charge is 0.373 e. The predicted octanol–water partition coefficient (Wildman–Crippen LogP) is 2.96.